The Morgan fingerprint density at radius 1 is 1.11 bits per heavy atom. The summed E-state index contributed by atoms with van der Waals surface area (Å²) in [4.78, 5) is 13.3. The first kappa shape index (κ1) is 22.8. The van der Waals surface area contributed by atoms with Gasteiger partial charge in [0.15, 0.2) is 0 Å². The first-order valence-electron chi connectivity index (χ1n) is 10.7. The highest BCUT2D eigenvalue weighted by Gasteiger charge is 2.31. The average molecular weight is 503 g/mol. The highest BCUT2D eigenvalue weighted by Crippen LogP contribution is 2.44. The fraction of sp³-hybridized carbons (Fsp3) is 0.111. The van der Waals surface area contributed by atoms with Crippen LogP contribution in [0, 0.1) is 18.3 Å². The number of methoxy groups -OCH3 is 1. The summed E-state index contributed by atoms with van der Waals surface area (Å²) in [5.41, 5.74) is 9.06. The maximum atomic E-state index is 12.9. The van der Waals surface area contributed by atoms with Crippen molar-refractivity contribution in [2.45, 2.75) is 12.8 Å². The Balaban J connectivity index is 1.48. The third kappa shape index (κ3) is 4.08. The first-order valence-corrected chi connectivity index (χ1v) is 11.9. The Kier molecular flexibility index (Phi) is 5.85. The van der Waals surface area contributed by atoms with Crippen molar-refractivity contribution in [2.75, 3.05) is 7.11 Å². The standard InChI is InChI=1S/C27H19ClN2O4S/c1-14-3-9-19-22(11-14)35-25(24(19)28)27(31)33-17-8-10-18-21(12-17)34-26(30)20(13-29)23(18)15-4-6-16(32-2)7-5-15/h3-12,23H,30H2,1-2H3. The summed E-state index contributed by atoms with van der Waals surface area (Å²) >= 11 is 7.76. The molecule has 1 aromatic heterocycles. The number of rotatable bonds is 4. The molecule has 6 nitrogen and oxygen atoms in total. The summed E-state index contributed by atoms with van der Waals surface area (Å²) in [6.07, 6.45) is 0. The van der Waals surface area contributed by atoms with Gasteiger partial charge in [0.1, 0.15) is 33.8 Å². The second kappa shape index (κ2) is 8.99. The fourth-order valence-electron chi connectivity index (χ4n) is 4.10. The minimum absolute atomic E-state index is 0.00668. The number of allylic oxidation sites excluding steroid dienone is 1. The Morgan fingerprint density at radius 3 is 2.57 bits per heavy atom. The molecule has 0 fully saturated rings. The van der Waals surface area contributed by atoms with E-state index in [9.17, 15) is 10.1 Å². The van der Waals surface area contributed by atoms with Gasteiger partial charge in [0, 0.05) is 21.7 Å². The van der Waals surface area contributed by atoms with Gasteiger partial charge < -0.3 is 19.9 Å². The molecule has 0 radical (unpaired) electrons. The minimum Gasteiger partial charge on any atom is -0.497 e. The highest BCUT2D eigenvalue weighted by atomic mass is 35.5. The van der Waals surface area contributed by atoms with Gasteiger partial charge in [0.05, 0.1) is 18.1 Å². The lowest BCUT2D eigenvalue weighted by Gasteiger charge is -2.26. The van der Waals surface area contributed by atoms with Crippen LogP contribution in [0.4, 0.5) is 0 Å². The molecule has 35 heavy (non-hydrogen) atoms. The largest absolute Gasteiger partial charge is 0.497 e. The molecule has 5 rings (SSSR count). The van der Waals surface area contributed by atoms with Gasteiger partial charge in [-0.2, -0.15) is 5.26 Å². The van der Waals surface area contributed by atoms with Gasteiger partial charge in [-0.05, 0) is 42.3 Å². The summed E-state index contributed by atoms with van der Waals surface area (Å²) in [6, 6.07) is 20.4. The number of thiophene rings is 1. The van der Waals surface area contributed by atoms with Crippen molar-refractivity contribution in [3.8, 4) is 23.3 Å². The Labute approximate surface area is 210 Å². The molecule has 3 aromatic carbocycles. The number of nitrogens with zero attached hydrogens (tertiary/aromatic N) is 1. The van der Waals surface area contributed by atoms with E-state index in [1.165, 1.54) is 11.3 Å². The van der Waals surface area contributed by atoms with Crippen LogP contribution in [-0.4, -0.2) is 13.1 Å². The zero-order valence-electron chi connectivity index (χ0n) is 18.8. The highest BCUT2D eigenvalue weighted by molar-refractivity contribution is 7.21. The number of halogens is 1. The molecular formula is C27H19ClN2O4S. The molecule has 174 valence electrons. The number of nitriles is 1. The van der Waals surface area contributed by atoms with E-state index in [1.54, 1.807) is 25.3 Å². The van der Waals surface area contributed by atoms with Gasteiger partial charge in [-0.1, -0.05) is 41.9 Å². The van der Waals surface area contributed by atoms with E-state index in [4.69, 9.17) is 31.5 Å². The van der Waals surface area contributed by atoms with Gasteiger partial charge in [0.25, 0.3) is 0 Å². The van der Waals surface area contributed by atoms with Crippen molar-refractivity contribution in [2.24, 2.45) is 5.73 Å². The molecule has 1 aliphatic heterocycles. The summed E-state index contributed by atoms with van der Waals surface area (Å²) in [7, 11) is 1.59. The van der Waals surface area contributed by atoms with Crippen LogP contribution in [0.2, 0.25) is 5.02 Å². The summed E-state index contributed by atoms with van der Waals surface area (Å²) in [6.45, 7) is 1.98. The normalized spacial score (nSPS) is 14.7. The molecule has 0 amide bonds. The van der Waals surface area contributed by atoms with E-state index in [-0.39, 0.29) is 11.6 Å². The number of esters is 1. The number of carbonyl (C=O) groups is 1. The lowest BCUT2D eigenvalue weighted by atomic mass is 9.83. The van der Waals surface area contributed by atoms with Gasteiger partial charge in [-0.15, -0.1) is 11.3 Å². The summed E-state index contributed by atoms with van der Waals surface area (Å²) in [5.74, 6) is 0.407. The first-order chi connectivity index (χ1) is 16.9. The van der Waals surface area contributed by atoms with E-state index >= 15 is 0 Å². The number of hydrogen-bond donors (Lipinski definition) is 1. The molecule has 0 bridgehead atoms. The molecule has 1 aliphatic rings. The fourth-order valence-corrected chi connectivity index (χ4v) is 5.58. The Morgan fingerprint density at radius 2 is 1.86 bits per heavy atom. The molecule has 1 unspecified atom stereocenters. The average Bonchev–Trinajstić information content (AvgIpc) is 3.18. The SMILES string of the molecule is COc1ccc(C2C(C#N)=C(N)Oc3cc(OC(=O)c4sc5cc(C)ccc5c4Cl)ccc32)cc1. The zero-order chi connectivity index (χ0) is 24.7. The van der Waals surface area contributed by atoms with Crippen molar-refractivity contribution in [3.05, 3.63) is 98.7 Å². The second-order valence-electron chi connectivity index (χ2n) is 8.03. The quantitative estimate of drug-likeness (QED) is 0.259. The predicted octanol–water partition coefficient (Wildman–Crippen LogP) is 6.31. The van der Waals surface area contributed by atoms with Crippen molar-refractivity contribution in [3.63, 3.8) is 0 Å². The van der Waals surface area contributed by atoms with E-state index in [0.717, 1.165) is 26.8 Å². The molecular weight excluding hydrogens is 484 g/mol. The molecule has 0 spiro atoms. The molecule has 2 heterocycles. The van der Waals surface area contributed by atoms with Crippen molar-refractivity contribution >= 4 is 39.0 Å². The topological polar surface area (TPSA) is 94.6 Å². The molecule has 2 N–H and O–H groups in total. The number of carbonyl (C=O) groups excluding carboxylic acids is 1. The third-order valence-electron chi connectivity index (χ3n) is 5.82. The number of hydrogen-bond acceptors (Lipinski definition) is 7. The molecule has 4 aromatic rings. The maximum absolute atomic E-state index is 12.9. The van der Waals surface area contributed by atoms with Crippen LogP contribution >= 0.6 is 22.9 Å². The van der Waals surface area contributed by atoms with E-state index in [0.29, 0.717) is 27.0 Å². The smallest absolute Gasteiger partial charge is 0.355 e. The van der Waals surface area contributed by atoms with Gasteiger partial charge in [-0.25, -0.2) is 4.79 Å². The van der Waals surface area contributed by atoms with E-state index < -0.39 is 11.9 Å². The zero-order valence-corrected chi connectivity index (χ0v) is 20.4. The lowest BCUT2D eigenvalue weighted by molar-refractivity contribution is 0.0740. The lowest BCUT2D eigenvalue weighted by Crippen LogP contribution is -2.21. The van der Waals surface area contributed by atoms with Crippen LogP contribution in [-0.2, 0) is 0 Å². The minimum atomic E-state index is -0.558. The summed E-state index contributed by atoms with van der Waals surface area (Å²) in [5, 5.41) is 10.9. The monoisotopic (exact) mass is 502 g/mol. The molecule has 8 heteroatoms. The second-order valence-corrected chi connectivity index (χ2v) is 9.46. The Bertz CT molecular complexity index is 1550. The number of ether oxygens (including phenoxy) is 3. The van der Waals surface area contributed by atoms with E-state index in [2.05, 4.69) is 6.07 Å². The van der Waals surface area contributed by atoms with Gasteiger partial charge in [0.2, 0.25) is 5.88 Å². The van der Waals surface area contributed by atoms with Crippen molar-refractivity contribution < 1.29 is 19.0 Å². The summed E-state index contributed by atoms with van der Waals surface area (Å²) < 4.78 is 17.5. The molecule has 0 saturated heterocycles. The van der Waals surface area contributed by atoms with Crippen LogP contribution < -0.4 is 19.9 Å². The number of aryl methyl sites for hydroxylation is 1. The molecule has 0 saturated carbocycles. The van der Waals surface area contributed by atoms with Crippen molar-refractivity contribution in [1.82, 2.24) is 0 Å². The van der Waals surface area contributed by atoms with Crippen molar-refractivity contribution in [1.29, 1.82) is 5.26 Å². The predicted molar refractivity (Wildman–Crippen MR) is 135 cm³/mol. The molecule has 1 atom stereocenters. The number of nitrogens with two attached hydrogens (primary N) is 1. The van der Waals surface area contributed by atoms with Gasteiger partial charge >= 0.3 is 5.97 Å². The van der Waals surface area contributed by atoms with Crippen LogP contribution in [0.25, 0.3) is 10.1 Å². The third-order valence-corrected chi connectivity index (χ3v) is 7.46. The number of fused-ring (bicyclic) bond motifs is 2. The van der Waals surface area contributed by atoms with E-state index in [1.807, 2.05) is 49.4 Å². The van der Waals surface area contributed by atoms with Crippen LogP contribution in [0.3, 0.4) is 0 Å². The van der Waals surface area contributed by atoms with Gasteiger partial charge in [-0.3, -0.25) is 0 Å². The van der Waals surface area contributed by atoms with Crippen LogP contribution in [0.1, 0.15) is 32.3 Å². The Hall–Kier alpha value is -3.99. The number of benzene rings is 3. The maximum Gasteiger partial charge on any atom is 0.355 e. The molecule has 0 aliphatic carbocycles. The van der Waals surface area contributed by atoms with Crippen LogP contribution in [0.15, 0.2) is 72.1 Å². The van der Waals surface area contributed by atoms with Crippen LogP contribution in [0.5, 0.6) is 17.2 Å².